The van der Waals surface area contributed by atoms with E-state index < -0.39 is 0 Å². The van der Waals surface area contributed by atoms with Crippen molar-refractivity contribution in [3.8, 4) is 5.75 Å². The lowest BCUT2D eigenvalue weighted by Gasteiger charge is -2.11. The van der Waals surface area contributed by atoms with E-state index in [1.807, 2.05) is 12.1 Å². The predicted molar refractivity (Wildman–Crippen MR) is 96.4 cm³/mol. The normalized spacial score (nSPS) is 11.3. The van der Waals surface area contributed by atoms with E-state index in [0.29, 0.717) is 6.54 Å². The van der Waals surface area contributed by atoms with Crippen molar-refractivity contribution < 1.29 is 4.74 Å². The number of hydrogen-bond donors (Lipinski definition) is 2. The molecule has 1 aromatic carbocycles. The van der Waals surface area contributed by atoms with Crippen LogP contribution in [-0.4, -0.2) is 31.6 Å². The fourth-order valence-electron chi connectivity index (χ4n) is 2.10. The third kappa shape index (κ3) is 5.56. The van der Waals surface area contributed by atoms with E-state index in [1.165, 1.54) is 10.6 Å². The van der Waals surface area contributed by atoms with E-state index in [4.69, 9.17) is 4.74 Å². The maximum absolute atomic E-state index is 5.16. The van der Waals surface area contributed by atoms with Crippen molar-refractivity contribution in [3.05, 3.63) is 45.9 Å². The Bertz CT molecular complexity index is 622. The Hall–Kier alpha value is -2.08. The molecule has 0 fully saturated rings. The van der Waals surface area contributed by atoms with Crippen molar-refractivity contribution in [1.82, 2.24) is 15.6 Å². The summed E-state index contributed by atoms with van der Waals surface area (Å²) in [6.45, 7) is 3.64. The highest BCUT2D eigenvalue weighted by atomic mass is 32.1. The number of nitrogens with one attached hydrogen (secondary N) is 2. The van der Waals surface area contributed by atoms with Gasteiger partial charge in [0, 0.05) is 19.0 Å². The molecule has 0 amide bonds. The van der Waals surface area contributed by atoms with Gasteiger partial charge >= 0.3 is 0 Å². The van der Waals surface area contributed by atoms with Crippen molar-refractivity contribution in [3.63, 3.8) is 0 Å². The summed E-state index contributed by atoms with van der Waals surface area (Å²) >= 11 is 1.71. The van der Waals surface area contributed by atoms with Gasteiger partial charge in [-0.3, -0.25) is 4.99 Å². The molecule has 1 heterocycles. The first-order valence-electron chi connectivity index (χ1n) is 7.76. The zero-order valence-electron chi connectivity index (χ0n) is 13.9. The summed E-state index contributed by atoms with van der Waals surface area (Å²) < 4.78 is 5.16. The molecule has 2 aromatic rings. The minimum absolute atomic E-state index is 0.693. The molecule has 0 aliphatic carbocycles. The van der Waals surface area contributed by atoms with Gasteiger partial charge in [0.2, 0.25) is 0 Å². The third-order valence-electron chi connectivity index (χ3n) is 3.43. The molecule has 2 rings (SSSR count). The van der Waals surface area contributed by atoms with E-state index in [9.17, 15) is 0 Å². The maximum atomic E-state index is 5.16. The topological polar surface area (TPSA) is 58.5 Å². The molecule has 0 aliphatic heterocycles. The molecule has 0 saturated carbocycles. The Kier molecular flexibility index (Phi) is 6.87. The fourth-order valence-corrected chi connectivity index (χ4v) is 2.85. The Labute approximate surface area is 141 Å². The number of methoxy groups -OCH3 is 1. The summed E-state index contributed by atoms with van der Waals surface area (Å²) in [6.07, 6.45) is 1.92. The van der Waals surface area contributed by atoms with Crippen LogP contribution in [0, 0.1) is 0 Å². The lowest BCUT2D eigenvalue weighted by Crippen LogP contribution is -2.37. The van der Waals surface area contributed by atoms with Crippen molar-refractivity contribution in [2.75, 3.05) is 20.7 Å². The van der Waals surface area contributed by atoms with E-state index in [-0.39, 0.29) is 0 Å². The lowest BCUT2D eigenvalue weighted by molar-refractivity contribution is 0.414. The highest BCUT2D eigenvalue weighted by Crippen LogP contribution is 2.11. The number of aromatic nitrogens is 1. The van der Waals surface area contributed by atoms with Crippen LogP contribution >= 0.6 is 11.3 Å². The summed E-state index contributed by atoms with van der Waals surface area (Å²) in [6, 6.07) is 8.13. The van der Waals surface area contributed by atoms with Crippen LogP contribution < -0.4 is 15.4 Å². The summed E-state index contributed by atoms with van der Waals surface area (Å²) in [7, 11) is 3.46. The number of nitrogens with zero attached hydrogens (tertiary/aromatic N) is 2. The quantitative estimate of drug-likeness (QED) is 0.604. The van der Waals surface area contributed by atoms with Crippen LogP contribution in [0.1, 0.15) is 23.2 Å². The largest absolute Gasteiger partial charge is 0.497 e. The van der Waals surface area contributed by atoms with Crippen LogP contribution in [0.15, 0.2) is 34.6 Å². The van der Waals surface area contributed by atoms with Gasteiger partial charge in [0.1, 0.15) is 5.75 Å². The van der Waals surface area contributed by atoms with Gasteiger partial charge in [-0.2, -0.15) is 0 Å². The zero-order valence-corrected chi connectivity index (χ0v) is 14.7. The molecule has 0 unspecified atom stereocenters. The minimum atomic E-state index is 0.693. The Morgan fingerprint density at radius 2 is 2.04 bits per heavy atom. The second-order valence-electron chi connectivity index (χ2n) is 5.04. The number of guanidine groups is 1. The molecule has 0 spiro atoms. The van der Waals surface area contributed by atoms with Gasteiger partial charge in [0.25, 0.3) is 0 Å². The van der Waals surface area contributed by atoms with E-state index >= 15 is 0 Å². The highest BCUT2D eigenvalue weighted by molar-refractivity contribution is 7.09. The summed E-state index contributed by atoms with van der Waals surface area (Å²) in [5.41, 5.74) is 2.32. The van der Waals surface area contributed by atoms with Crippen molar-refractivity contribution >= 4 is 17.3 Å². The number of aryl methyl sites for hydroxylation is 1. The van der Waals surface area contributed by atoms with Crippen molar-refractivity contribution in [2.24, 2.45) is 4.99 Å². The first-order valence-corrected chi connectivity index (χ1v) is 8.63. The molecule has 5 nitrogen and oxygen atoms in total. The van der Waals surface area contributed by atoms with Crippen molar-refractivity contribution in [1.29, 1.82) is 0 Å². The van der Waals surface area contributed by atoms with Gasteiger partial charge in [-0.05, 0) is 30.5 Å². The predicted octanol–water partition coefficient (Wildman–Crippen LogP) is 2.62. The van der Waals surface area contributed by atoms with Crippen LogP contribution in [0.5, 0.6) is 5.75 Å². The molecule has 0 saturated heterocycles. The number of rotatable bonds is 7. The molecule has 23 heavy (non-hydrogen) atoms. The monoisotopic (exact) mass is 332 g/mol. The summed E-state index contributed by atoms with van der Waals surface area (Å²) in [5, 5.41) is 9.88. The van der Waals surface area contributed by atoms with Gasteiger partial charge in [-0.15, -0.1) is 11.3 Å². The first kappa shape index (κ1) is 17.3. The van der Waals surface area contributed by atoms with Crippen LogP contribution in [0.25, 0.3) is 0 Å². The van der Waals surface area contributed by atoms with E-state index in [1.54, 1.807) is 25.5 Å². The molecule has 6 heteroatoms. The molecular formula is C17H24N4OS. The molecule has 2 N–H and O–H groups in total. The number of aliphatic imine (C=N–C) groups is 1. The van der Waals surface area contributed by atoms with Gasteiger partial charge in [0.05, 0.1) is 24.4 Å². The van der Waals surface area contributed by atoms with Gasteiger partial charge in [-0.1, -0.05) is 19.1 Å². The average molecular weight is 332 g/mol. The summed E-state index contributed by atoms with van der Waals surface area (Å²) in [5.74, 6) is 1.68. The number of hydrogen-bond acceptors (Lipinski definition) is 4. The Morgan fingerprint density at radius 1 is 1.26 bits per heavy atom. The number of ether oxygens (including phenoxy) is 1. The highest BCUT2D eigenvalue weighted by Gasteiger charge is 2.02. The zero-order chi connectivity index (χ0) is 16.5. The number of benzene rings is 1. The number of thiazole rings is 1. The second-order valence-corrected chi connectivity index (χ2v) is 5.98. The van der Waals surface area contributed by atoms with Gasteiger partial charge < -0.3 is 15.4 Å². The van der Waals surface area contributed by atoms with Crippen LogP contribution in [0.4, 0.5) is 0 Å². The Morgan fingerprint density at radius 3 is 2.65 bits per heavy atom. The molecular weight excluding hydrogens is 308 g/mol. The smallest absolute Gasteiger partial charge is 0.191 e. The molecule has 0 bridgehead atoms. The Balaban J connectivity index is 1.73. The summed E-state index contributed by atoms with van der Waals surface area (Å²) in [4.78, 5) is 8.78. The molecule has 0 atom stereocenters. The SMILES string of the molecule is CCc1nc(CNC(=NC)NCCc2ccc(OC)cc2)cs1. The van der Waals surface area contributed by atoms with Gasteiger partial charge in [0.15, 0.2) is 5.96 Å². The van der Waals surface area contributed by atoms with Gasteiger partial charge in [-0.25, -0.2) is 4.98 Å². The fraction of sp³-hybridized carbons (Fsp3) is 0.412. The second kappa shape index (κ2) is 9.15. The maximum Gasteiger partial charge on any atom is 0.191 e. The molecule has 0 aliphatic rings. The van der Waals surface area contributed by atoms with Crippen LogP contribution in [-0.2, 0) is 19.4 Å². The third-order valence-corrected chi connectivity index (χ3v) is 4.47. The minimum Gasteiger partial charge on any atom is -0.497 e. The average Bonchev–Trinajstić information content (AvgIpc) is 3.06. The van der Waals surface area contributed by atoms with E-state index in [0.717, 1.165) is 36.8 Å². The van der Waals surface area contributed by atoms with Crippen LogP contribution in [0.2, 0.25) is 0 Å². The molecule has 124 valence electrons. The standard InChI is InChI=1S/C17H24N4OS/c1-4-16-21-14(12-23-16)11-20-17(18-2)19-10-9-13-5-7-15(22-3)8-6-13/h5-8,12H,4,9-11H2,1-3H3,(H2,18,19,20). The molecule has 1 aromatic heterocycles. The van der Waals surface area contributed by atoms with E-state index in [2.05, 4.69) is 45.0 Å². The first-order chi connectivity index (χ1) is 11.2. The van der Waals surface area contributed by atoms with Crippen molar-refractivity contribution in [2.45, 2.75) is 26.3 Å². The lowest BCUT2D eigenvalue weighted by atomic mass is 10.1. The molecule has 0 radical (unpaired) electrons. The van der Waals surface area contributed by atoms with Crippen LogP contribution in [0.3, 0.4) is 0 Å².